The number of ether oxygens (including phenoxy) is 1. The summed E-state index contributed by atoms with van der Waals surface area (Å²) >= 11 is 0. The summed E-state index contributed by atoms with van der Waals surface area (Å²) in [6.45, 7) is 4.51. The molecule has 0 saturated heterocycles. The molecule has 2 N–H and O–H groups in total. The van der Waals surface area contributed by atoms with Gasteiger partial charge in [0.25, 0.3) is 0 Å². The first-order chi connectivity index (χ1) is 13.4. The molecular weight excluding hydrogens is 361 g/mol. The molecule has 0 saturated carbocycles. The molecule has 28 heavy (non-hydrogen) atoms. The van der Waals surface area contributed by atoms with Crippen LogP contribution in [0.2, 0.25) is 0 Å². The minimum atomic E-state index is -0.295. The van der Waals surface area contributed by atoms with E-state index in [1.165, 1.54) is 6.07 Å². The van der Waals surface area contributed by atoms with Crippen molar-refractivity contribution in [1.82, 2.24) is 10.2 Å². The van der Waals surface area contributed by atoms with E-state index >= 15 is 0 Å². The van der Waals surface area contributed by atoms with Crippen molar-refractivity contribution in [1.29, 1.82) is 0 Å². The number of likely N-dealkylation sites (N-methyl/N-ethyl adjacent to an activating group) is 1. The topological polar surface area (TPSA) is 70.7 Å². The molecule has 0 atom stereocenters. The standard InChI is InChI=1S/C21H26FN3O3/c1-4-25(14-21(27)24-17-6-5-7-18(11-17)28-3)13-20(26)23-12-16-9-8-15(2)19(22)10-16/h5-11H,4,12-14H2,1-3H3,(H,23,26)(H,24,27). The van der Waals surface area contributed by atoms with E-state index in [0.717, 1.165) is 0 Å². The molecule has 0 radical (unpaired) electrons. The highest BCUT2D eigenvalue weighted by Crippen LogP contribution is 2.16. The number of halogens is 1. The van der Waals surface area contributed by atoms with E-state index in [9.17, 15) is 14.0 Å². The van der Waals surface area contributed by atoms with Gasteiger partial charge in [0.05, 0.1) is 20.2 Å². The van der Waals surface area contributed by atoms with Gasteiger partial charge in [0.2, 0.25) is 11.8 Å². The number of nitrogens with zero attached hydrogens (tertiary/aromatic N) is 1. The molecule has 150 valence electrons. The van der Waals surface area contributed by atoms with Crippen LogP contribution >= 0.6 is 0 Å². The molecule has 0 aliphatic rings. The molecule has 2 amide bonds. The van der Waals surface area contributed by atoms with E-state index in [1.807, 2.05) is 6.92 Å². The van der Waals surface area contributed by atoms with Crippen LogP contribution in [0.15, 0.2) is 42.5 Å². The molecule has 0 bridgehead atoms. The normalized spacial score (nSPS) is 10.6. The minimum Gasteiger partial charge on any atom is -0.497 e. The molecule has 0 heterocycles. The van der Waals surface area contributed by atoms with Gasteiger partial charge in [-0.1, -0.05) is 25.1 Å². The maximum Gasteiger partial charge on any atom is 0.238 e. The van der Waals surface area contributed by atoms with E-state index < -0.39 is 0 Å². The second-order valence-corrected chi connectivity index (χ2v) is 6.44. The van der Waals surface area contributed by atoms with Crippen LogP contribution < -0.4 is 15.4 Å². The third kappa shape index (κ3) is 6.66. The zero-order valence-electron chi connectivity index (χ0n) is 16.4. The van der Waals surface area contributed by atoms with Crippen molar-refractivity contribution in [3.8, 4) is 5.75 Å². The molecule has 6 nitrogen and oxygen atoms in total. The monoisotopic (exact) mass is 387 g/mol. The number of hydrogen-bond acceptors (Lipinski definition) is 4. The maximum absolute atomic E-state index is 13.6. The van der Waals surface area contributed by atoms with Gasteiger partial charge in [0.15, 0.2) is 0 Å². The highest BCUT2D eigenvalue weighted by atomic mass is 19.1. The molecule has 2 rings (SSSR count). The number of rotatable bonds is 9. The number of aryl methyl sites for hydroxylation is 1. The lowest BCUT2D eigenvalue weighted by Crippen LogP contribution is -2.40. The number of anilines is 1. The number of methoxy groups -OCH3 is 1. The van der Waals surface area contributed by atoms with Crippen LogP contribution in [0.25, 0.3) is 0 Å². The second kappa shape index (κ2) is 10.4. The van der Waals surface area contributed by atoms with E-state index in [1.54, 1.807) is 55.3 Å². The Hall–Kier alpha value is -2.93. The SMILES string of the molecule is CCN(CC(=O)NCc1ccc(C)c(F)c1)CC(=O)Nc1cccc(OC)c1. The van der Waals surface area contributed by atoms with Gasteiger partial charge in [0.1, 0.15) is 11.6 Å². The lowest BCUT2D eigenvalue weighted by Gasteiger charge is -2.19. The average Bonchev–Trinajstić information content (AvgIpc) is 2.68. The Balaban J connectivity index is 1.82. The average molecular weight is 387 g/mol. The lowest BCUT2D eigenvalue weighted by molar-refractivity contribution is -0.123. The predicted octanol–water partition coefficient (Wildman–Crippen LogP) is 2.72. The third-order valence-electron chi connectivity index (χ3n) is 4.26. The van der Waals surface area contributed by atoms with Crippen molar-refractivity contribution >= 4 is 17.5 Å². The largest absolute Gasteiger partial charge is 0.497 e. The van der Waals surface area contributed by atoms with Crippen molar-refractivity contribution in [3.63, 3.8) is 0 Å². The van der Waals surface area contributed by atoms with E-state index in [4.69, 9.17) is 4.74 Å². The number of hydrogen-bond donors (Lipinski definition) is 2. The van der Waals surface area contributed by atoms with Crippen molar-refractivity contribution < 1.29 is 18.7 Å². The number of carbonyl (C=O) groups excluding carboxylic acids is 2. The maximum atomic E-state index is 13.6. The molecule has 0 fully saturated rings. The third-order valence-corrected chi connectivity index (χ3v) is 4.26. The Labute approximate surface area is 164 Å². The summed E-state index contributed by atoms with van der Waals surface area (Å²) in [5, 5.41) is 5.54. The van der Waals surface area contributed by atoms with Crippen LogP contribution in [0.5, 0.6) is 5.75 Å². The molecule has 0 spiro atoms. The zero-order chi connectivity index (χ0) is 20.5. The number of benzene rings is 2. The highest BCUT2D eigenvalue weighted by molar-refractivity contribution is 5.92. The highest BCUT2D eigenvalue weighted by Gasteiger charge is 2.13. The van der Waals surface area contributed by atoms with Crippen molar-refractivity contribution in [3.05, 3.63) is 59.4 Å². The molecule has 2 aromatic rings. The zero-order valence-corrected chi connectivity index (χ0v) is 16.4. The molecule has 0 unspecified atom stereocenters. The van der Waals surface area contributed by atoms with Gasteiger partial charge in [-0.15, -0.1) is 0 Å². The van der Waals surface area contributed by atoms with Crippen LogP contribution in [0, 0.1) is 12.7 Å². The van der Waals surface area contributed by atoms with Gasteiger partial charge in [-0.3, -0.25) is 14.5 Å². The first-order valence-corrected chi connectivity index (χ1v) is 9.09. The Kier molecular flexibility index (Phi) is 7.95. The molecular formula is C21H26FN3O3. The van der Waals surface area contributed by atoms with Crippen LogP contribution in [-0.2, 0) is 16.1 Å². The van der Waals surface area contributed by atoms with Gasteiger partial charge < -0.3 is 15.4 Å². The summed E-state index contributed by atoms with van der Waals surface area (Å²) in [6.07, 6.45) is 0. The van der Waals surface area contributed by atoms with E-state index in [0.29, 0.717) is 29.1 Å². The Morgan fingerprint density at radius 1 is 1.11 bits per heavy atom. The van der Waals surface area contributed by atoms with E-state index in [2.05, 4.69) is 10.6 Å². The van der Waals surface area contributed by atoms with Gasteiger partial charge in [-0.25, -0.2) is 4.39 Å². The molecule has 7 heteroatoms. The summed E-state index contributed by atoms with van der Waals surface area (Å²) in [5.74, 6) is -0.0891. The predicted molar refractivity (Wildman–Crippen MR) is 107 cm³/mol. The Morgan fingerprint density at radius 2 is 1.86 bits per heavy atom. The van der Waals surface area contributed by atoms with Gasteiger partial charge in [-0.05, 0) is 42.8 Å². The Bertz CT molecular complexity index is 826. The van der Waals surface area contributed by atoms with E-state index in [-0.39, 0.29) is 37.3 Å². The number of amides is 2. The fourth-order valence-corrected chi connectivity index (χ4v) is 2.59. The van der Waals surface area contributed by atoms with Crippen LogP contribution in [-0.4, -0.2) is 43.5 Å². The summed E-state index contributed by atoms with van der Waals surface area (Å²) < 4.78 is 18.7. The van der Waals surface area contributed by atoms with Crippen molar-refractivity contribution in [2.75, 3.05) is 32.1 Å². The first-order valence-electron chi connectivity index (χ1n) is 9.09. The molecule has 2 aromatic carbocycles. The van der Waals surface area contributed by atoms with Crippen LogP contribution in [0.1, 0.15) is 18.1 Å². The summed E-state index contributed by atoms with van der Waals surface area (Å²) in [4.78, 5) is 26.1. The minimum absolute atomic E-state index is 0.0797. The summed E-state index contributed by atoms with van der Waals surface area (Å²) in [5.41, 5.74) is 1.89. The molecule has 0 aromatic heterocycles. The van der Waals surface area contributed by atoms with Gasteiger partial charge in [-0.2, -0.15) is 0 Å². The van der Waals surface area contributed by atoms with Gasteiger partial charge in [0, 0.05) is 18.3 Å². The fourth-order valence-electron chi connectivity index (χ4n) is 2.59. The first kappa shape index (κ1) is 21.4. The van der Waals surface area contributed by atoms with Crippen LogP contribution in [0.3, 0.4) is 0 Å². The second-order valence-electron chi connectivity index (χ2n) is 6.44. The summed E-state index contributed by atoms with van der Waals surface area (Å²) in [7, 11) is 1.56. The molecule has 0 aliphatic carbocycles. The fraction of sp³-hybridized carbons (Fsp3) is 0.333. The Morgan fingerprint density at radius 3 is 2.54 bits per heavy atom. The lowest BCUT2D eigenvalue weighted by atomic mass is 10.1. The summed E-state index contributed by atoms with van der Waals surface area (Å²) in [6, 6.07) is 11.9. The number of carbonyl (C=O) groups is 2. The smallest absolute Gasteiger partial charge is 0.238 e. The molecule has 0 aliphatic heterocycles. The van der Waals surface area contributed by atoms with Crippen molar-refractivity contribution in [2.45, 2.75) is 20.4 Å². The number of nitrogens with one attached hydrogen (secondary N) is 2. The quantitative estimate of drug-likeness (QED) is 0.694. The van der Waals surface area contributed by atoms with Crippen LogP contribution in [0.4, 0.5) is 10.1 Å². The van der Waals surface area contributed by atoms with Crippen molar-refractivity contribution in [2.24, 2.45) is 0 Å². The van der Waals surface area contributed by atoms with Gasteiger partial charge >= 0.3 is 0 Å².